The lowest BCUT2D eigenvalue weighted by molar-refractivity contribution is 0.274. The quantitative estimate of drug-likeness (QED) is 0.572. The smallest absolute Gasteiger partial charge is 0.279 e. The van der Waals surface area contributed by atoms with Crippen molar-refractivity contribution in [2.24, 2.45) is 5.92 Å². The molecule has 0 saturated heterocycles. The molecular formula is C6H15ClMgO. The van der Waals surface area contributed by atoms with Crippen LogP contribution in [0.5, 0.6) is 0 Å². The van der Waals surface area contributed by atoms with Gasteiger partial charge in [0.2, 0.25) is 0 Å². The maximum atomic E-state index is 5.03. The molecule has 0 aromatic rings. The second-order valence-corrected chi connectivity index (χ2v) is 2.39. The molecule has 0 spiro atoms. The number of hydrogen-bond donors (Lipinski definition) is 0. The van der Waals surface area contributed by atoms with Gasteiger partial charge in [0.1, 0.15) is 0 Å². The van der Waals surface area contributed by atoms with Gasteiger partial charge in [-0.15, -0.1) is 0 Å². The van der Waals surface area contributed by atoms with E-state index in [1.165, 1.54) is 12.8 Å². The summed E-state index contributed by atoms with van der Waals surface area (Å²) in [5.41, 5.74) is 0. The third kappa shape index (κ3) is 9.02. The molecule has 3 heteroatoms. The number of rotatable bonds is 4. The van der Waals surface area contributed by atoms with Crippen LogP contribution in [0.4, 0.5) is 0 Å². The standard InChI is InChI=1S/C6H13ClO.Mg.2H/c1-3-4-6(2)5-8-7;;;/h6H,3-5H2,1-2H3;;;. The van der Waals surface area contributed by atoms with Gasteiger partial charge in [-0.3, -0.25) is 4.29 Å². The van der Waals surface area contributed by atoms with E-state index >= 15 is 0 Å². The minimum Gasteiger partial charge on any atom is -0.279 e. The van der Waals surface area contributed by atoms with E-state index in [0.717, 1.165) is 0 Å². The van der Waals surface area contributed by atoms with Crippen molar-refractivity contribution in [1.82, 2.24) is 0 Å². The van der Waals surface area contributed by atoms with Crippen LogP contribution in [0.1, 0.15) is 26.7 Å². The van der Waals surface area contributed by atoms with E-state index in [2.05, 4.69) is 18.1 Å². The summed E-state index contributed by atoms with van der Waals surface area (Å²) < 4.78 is 4.43. The van der Waals surface area contributed by atoms with Crippen LogP contribution in [0.2, 0.25) is 0 Å². The fourth-order valence-corrected chi connectivity index (χ4v) is 0.899. The zero-order valence-electron chi connectivity index (χ0n) is 5.48. The third-order valence-electron chi connectivity index (χ3n) is 1.13. The molecule has 54 valence electrons. The first-order chi connectivity index (χ1) is 3.81. The zero-order chi connectivity index (χ0) is 6.41. The molecule has 0 N–H and O–H groups in total. The van der Waals surface area contributed by atoms with Crippen LogP contribution in [0.25, 0.3) is 0 Å². The van der Waals surface area contributed by atoms with E-state index in [9.17, 15) is 0 Å². The van der Waals surface area contributed by atoms with Gasteiger partial charge in [0, 0.05) is 0 Å². The maximum absolute atomic E-state index is 5.03. The van der Waals surface area contributed by atoms with Crippen molar-refractivity contribution in [3.63, 3.8) is 0 Å². The first-order valence-corrected chi connectivity index (χ1v) is 3.35. The lowest BCUT2D eigenvalue weighted by Gasteiger charge is -2.04. The molecule has 0 bridgehead atoms. The molecule has 0 rings (SSSR count). The Labute approximate surface area is 78.4 Å². The van der Waals surface area contributed by atoms with Gasteiger partial charge < -0.3 is 0 Å². The van der Waals surface area contributed by atoms with Crippen LogP contribution in [0.3, 0.4) is 0 Å². The molecule has 0 aliphatic carbocycles. The molecule has 0 heterocycles. The van der Waals surface area contributed by atoms with Gasteiger partial charge in [0.05, 0.1) is 18.5 Å². The molecule has 0 saturated carbocycles. The largest absolute Gasteiger partial charge is 0.316 e. The summed E-state index contributed by atoms with van der Waals surface area (Å²) in [6, 6.07) is 0. The molecule has 0 aromatic carbocycles. The summed E-state index contributed by atoms with van der Waals surface area (Å²) in [4.78, 5) is 0. The summed E-state index contributed by atoms with van der Waals surface area (Å²) in [6.45, 7) is 4.96. The van der Waals surface area contributed by atoms with E-state index in [1.54, 1.807) is 0 Å². The molecule has 0 aliphatic heterocycles. The monoisotopic (exact) mass is 162 g/mol. The van der Waals surface area contributed by atoms with Crippen LogP contribution < -0.4 is 0 Å². The van der Waals surface area contributed by atoms with E-state index < -0.39 is 0 Å². The highest BCUT2D eigenvalue weighted by Gasteiger charge is 1.97. The van der Waals surface area contributed by atoms with Gasteiger partial charge in [-0.2, -0.15) is 0 Å². The second kappa shape index (κ2) is 9.02. The summed E-state index contributed by atoms with van der Waals surface area (Å²) in [5.74, 6) is 0.609. The Morgan fingerprint density at radius 3 is 2.44 bits per heavy atom. The second-order valence-electron chi connectivity index (χ2n) is 2.17. The predicted molar refractivity (Wildman–Crippen MR) is 44.4 cm³/mol. The SMILES string of the molecule is CCCC(C)COCl.[MgH2]. The predicted octanol–water partition coefficient (Wildman–Crippen LogP) is 1.68. The van der Waals surface area contributed by atoms with E-state index in [0.29, 0.717) is 12.5 Å². The minimum atomic E-state index is 0. The van der Waals surface area contributed by atoms with Crippen molar-refractivity contribution < 1.29 is 4.29 Å². The van der Waals surface area contributed by atoms with Crippen LogP contribution in [0.15, 0.2) is 0 Å². The van der Waals surface area contributed by atoms with E-state index in [-0.39, 0.29) is 23.1 Å². The Morgan fingerprint density at radius 1 is 1.56 bits per heavy atom. The van der Waals surface area contributed by atoms with Crippen LogP contribution >= 0.6 is 11.9 Å². The molecular weight excluding hydrogens is 148 g/mol. The number of hydrogen-bond acceptors (Lipinski definition) is 1. The topological polar surface area (TPSA) is 9.23 Å². The maximum Gasteiger partial charge on any atom is 0.316 e. The van der Waals surface area contributed by atoms with Gasteiger partial charge >= 0.3 is 23.1 Å². The Hall–Kier alpha value is 1.02. The van der Waals surface area contributed by atoms with E-state index in [1.807, 2.05) is 0 Å². The van der Waals surface area contributed by atoms with Crippen molar-refractivity contribution in [2.45, 2.75) is 26.7 Å². The summed E-state index contributed by atoms with van der Waals surface area (Å²) >= 11 is 5.03. The fourth-order valence-electron chi connectivity index (χ4n) is 0.684. The first-order valence-electron chi connectivity index (χ1n) is 3.04. The molecule has 0 aliphatic rings. The molecule has 0 amide bonds. The van der Waals surface area contributed by atoms with Crippen LogP contribution in [-0.4, -0.2) is 29.7 Å². The molecule has 0 fully saturated rings. The van der Waals surface area contributed by atoms with Crippen molar-refractivity contribution in [3.8, 4) is 0 Å². The average molecular weight is 163 g/mol. The highest BCUT2D eigenvalue weighted by Crippen LogP contribution is 2.05. The molecule has 1 nitrogen and oxygen atoms in total. The summed E-state index contributed by atoms with van der Waals surface area (Å²) in [7, 11) is 0. The van der Waals surface area contributed by atoms with Crippen LogP contribution in [0, 0.1) is 5.92 Å². The highest BCUT2D eigenvalue weighted by atomic mass is 35.5. The minimum absolute atomic E-state index is 0. The van der Waals surface area contributed by atoms with E-state index in [4.69, 9.17) is 11.9 Å². The first kappa shape index (κ1) is 12.7. The molecule has 0 aromatic heterocycles. The third-order valence-corrected chi connectivity index (χ3v) is 1.25. The number of halogens is 1. The van der Waals surface area contributed by atoms with Crippen LogP contribution in [-0.2, 0) is 4.29 Å². The van der Waals surface area contributed by atoms with Crippen molar-refractivity contribution in [1.29, 1.82) is 0 Å². The zero-order valence-corrected chi connectivity index (χ0v) is 6.24. The normalized spacial score (nSPS) is 12.3. The lowest BCUT2D eigenvalue weighted by atomic mass is 10.1. The molecule has 0 radical (unpaired) electrons. The Morgan fingerprint density at radius 2 is 2.11 bits per heavy atom. The van der Waals surface area contributed by atoms with Gasteiger partial charge in [-0.1, -0.05) is 20.3 Å². The summed E-state index contributed by atoms with van der Waals surface area (Å²) in [6.07, 6.45) is 2.41. The molecule has 1 atom stereocenters. The van der Waals surface area contributed by atoms with Gasteiger partial charge in [-0.25, -0.2) is 0 Å². The molecule has 1 unspecified atom stereocenters. The van der Waals surface area contributed by atoms with Crippen molar-refractivity contribution >= 4 is 34.9 Å². The van der Waals surface area contributed by atoms with Gasteiger partial charge in [-0.05, 0) is 12.3 Å². The highest BCUT2D eigenvalue weighted by molar-refractivity contribution is 6.07. The van der Waals surface area contributed by atoms with Gasteiger partial charge in [0.15, 0.2) is 0 Å². The van der Waals surface area contributed by atoms with Crippen molar-refractivity contribution in [2.75, 3.05) is 6.61 Å². The van der Waals surface area contributed by atoms with Gasteiger partial charge in [0.25, 0.3) is 0 Å². The molecule has 9 heavy (non-hydrogen) atoms. The lowest BCUT2D eigenvalue weighted by Crippen LogP contribution is -1.99. The summed E-state index contributed by atoms with van der Waals surface area (Å²) in [5, 5.41) is 0. The Kier molecular flexibility index (Phi) is 12.7. The van der Waals surface area contributed by atoms with Crippen molar-refractivity contribution in [3.05, 3.63) is 0 Å². The average Bonchev–Trinajstić information content (AvgIpc) is 1.68. The fraction of sp³-hybridized carbons (Fsp3) is 1.00. The Bertz CT molecular complexity index is 46.3. The Balaban J connectivity index is 0.